The highest BCUT2D eigenvalue weighted by molar-refractivity contribution is 5.89. The zero-order valence-electron chi connectivity index (χ0n) is 24.8. The van der Waals surface area contributed by atoms with E-state index >= 15 is 0 Å². The van der Waals surface area contributed by atoms with Gasteiger partial charge in [-0.3, -0.25) is 4.90 Å². The molecule has 3 aromatic rings. The van der Waals surface area contributed by atoms with Gasteiger partial charge in [-0.25, -0.2) is 14.2 Å². The highest BCUT2D eigenvalue weighted by atomic mass is 19.1. The van der Waals surface area contributed by atoms with Crippen molar-refractivity contribution in [1.82, 2.24) is 14.9 Å². The third kappa shape index (κ3) is 7.76. The van der Waals surface area contributed by atoms with Crippen molar-refractivity contribution >= 4 is 23.5 Å². The highest BCUT2D eigenvalue weighted by Crippen LogP contribution is 2.30. The van der Waals surface area contributed by atoms with Crippen molar-refractivity contribution in [2.24, 2.45) is 0 Å². The van der Waals surface area contributed by atoms with Gasteiger partial charge in [0, 0.05) is 30.5 Å². The lowest BCUT2D eigenvalue weighted by atomic mass is 9.94. The molecule has 1 aliphatic heterocycles. The topological polar surface area (TPSA) is 79.8 Å². The van der Waals surface area contributed by atoms with Crippen LogP contribution in [0.4, 0.5) is 26.6 Å². The first-order chi connectivity index (χ1) is 20.5. The summed E-state index contributed by atoms with van der Waals surface area (Å²) in [6.45, 7) is 7.59. The molecule has 1 amide bonds. The van der Waals surface area contributed by atoms with Gasteiger partial charge in [-0.1, -0.05) is 43.9 Å². The van der Waals surface area contributed by atoms with Crippen LogP contribution in [0.1, 0.15) is 68.9 Å². The van der Waals surface area contributed by atoms with Crippen LogP contribution in [-0.2, 0) is 0 Å². The third-order valence-corrected chi connectivity index (χ3v) is 8.14. The summed E-state index contributed by atoms with van der Waals surface area (Å²) in [4.78, 5) is 26.7. The number of para-hydroxylation sites is 1. The van der Waals surface area contributed by atoms with E-state index in [1.54, 1.807) is 29.3 Å². The Morgan fingerprint density at radius 3 is 2.50 bits per heavy atom. The molecule has 224 valence electrons. The number of aryl methyl sites for hydroxylation is 2. The number of aromatic nitrogens is 2. The van der Waals surface area contributed by atoms with E-state index in [1.807, 2.05) is 32.0 Å². The first-order valence-corrected chi connectivity index (χ1v) is 15.3. The molecule has 0 spiro atoms. The summed E-state index contributed by atoms with van der Waals surface area (Å²) in [6, 6.07) is 12.2. The van der Waals surface area contributed by atoms with Gasteiger partial charge < -0.3 is 19.7 Å². The predicted octanol–water partition coefficient (Wildman–Crippen LogP) is 7.57. The van der Waals surface area contributed by atoms with Gasteiger partial charge in [0.15, 0.2) is 11.6 Å². The molecule has 42 heavy (non-hydrogen) atoms. The number of anilines is 3. The number of carbonyl (C=O) groups excluding carboxylic acids is 1. The van der Waals surface area contributed by atoms with Gasteiger partial charge in [0.05, 0.1) is 6.61 Å². The Labute approximate surface area is 248 Å². The minimum atomic E-state index is -0.461. The second kappa shape index (κ2) is 14.4. The zero-order valence-corrected chi connectivity index (χ0v) is 24.8. The number of carbonyl (C=O) groups is 1. The number of ether oxygens (including phenoxy) is 2. The van der Waals surface area contributed by atoms with Gasteiger partial charge in [-0.15, -0.1) is 0 Å². The van der Waals surface area contributed by atoms with E-state index in [0.29, 0.717) is 23.9 Å². The maximum absolute atomic E-state index is 14.9. The number of benzene rings is 2. The first-order valence-electron chi connectivity index (χ1n) is 15.3. The Bertz CT molecular complexity index is 1320. The quantitative estimate of drug-likeness (QED) is 0.250. The molecule has 5 rings (SSSR count). The number of nitrogens with one attached hydrogen (secondary N) is 1. The Balaban J connectivity index is 1.25. The van der Waals surface area contributed by atoms with E-state index < -0.39 is 11.9 Å². The fraction of sp³-hybridized carbons (Fsp3) is 0.485. The van der Waals surface area contributed by atoms with Crippen LogP contribution in [0.2, 0.25) is 0 Å². The minimum Gasteiger partial charge on any atom is -0.490 e. The molecule has 2 aromatic carbocycles. The van der Waals surface area contributed by atoms with Crippen molar-refractivity contribution in [3.8, 4) is 11.5 Å². The van der Waals surface area contributed by atoms with Gasteiger partial charge in [0.1, 0.15) is 11.6 Å². The fourth-order valence-corrected chi connectivity index (χ4v) is 5.89. The van der Waals surface area contributed by atoms with Crippen LogP contribution in [0.15, 0.2) is 48.7 Å². The van der Waals surface area contributed by atoms with Crippen LogP contribution in [0.3, 0.4) is 0 Å². The van der Waals surface area contributed by atoms with E-state index in [2.05, 4.69) is 20.2 Å². The predicted molar refractivity (Wildman–Crippen MR) is 163 cm³/mol. The first kappa shape index (κ1) is 29.8. The van der Waals surface area contributed by atoms with Crippen molar-refractivity contribution in [1.29, 1.82) is 0 Å². The molecule has 0 unspecified atom stereocenters. The van der Waals surface area contributed by atoms with Crippen LogP contribution in [0.5, 0.6) is 11.5 Å². The molecule has 0 bridgehead atoms. The minimum absolute atomic E-state index is 0.0258. The number of amides is 1. The van der Waals surface area contributed by atoms with Crippen molar-refractivity contribution in [2.45, 2.75) is 77.7 Å². The Hall–Kier alpha value is -3.72. The molecule has 8 nitrogen and oxygen atoms in total. The normalized spacial score (nSPS) is 16.2. The van der Waals surface area contributed by atoms with Crippen LogP contribution in [0.25, 0.3) is 0 Å². The lowest BCUT2D eigenvalue weighted by Gasteiger charge is -2.33. The molecular weight excluding hydrogens is 533 g/mol. The molecule has 2 heterocycles. The van der Waals surface area contributed by atoms with Crippen molar-refractivity contribution in [2.75, 3.05) is 36.5 Å². The van der Waals surface area contributed by atoms with Crippen molar-refractivity contribution in [3.05, 3.63) is 65.6 Å². The summed E-state index contributed by atoms with van der Waals surface area (Å²) in [6.07, 6.45) is 10.8. The summed E-state index contributed by atoms with van der Waals surface area (Å²) < 4.78 is 26.5. The van der Waals surface area contributed by atoms with Gasteiger partial charge in [0.2, 0.25) is 5.95 Å². The lowest BCUT2D eigenvalue weighted by Crippen LogP contribution is -2.44. The average Bonchev–Trinajstić information content (AvgIpc) is 3.00. The number of hydrogen-bond acceptors (Lipinski definition) is 7. The number of rotatable bonds is 10. The second-order valence-corrected chi connectivity index (χ2v) is 11.4. The smallest absolute Gasteiger partial charge is 0.421 e. The summed E-state index contributed by atoms with van der Waals surface area (Å²) in [5, 5.41) is 3.08. The molecule has 1 N–H and O–H groups in total. The summed E-state index contributed by atoms with van der Waals surface area (Å²) in [7, 11) is 0. The SMILES string of the molecule is Cc1cccc(C)c1OC(=O)N(c1ccnc(Nc2ccc(OCCCN3CCCCC3)c(F)c2)n1)C1CCCCC1. The van der Waals surface area contributed by atoms with Gasteiger partial charge in [-0.05, 0) is 88.4 Å². The zero-order chi connectivity index (χ0) is 29.3. The standard InChI is InChI=1S/C33H42FN5O3/c1-24-11-9-12-25(2)31(24)42-33(40)39(27-13-5-3-6-14-27)30-17-18-35-32(37-30)36-26-15-16-29(28(34)23-26)41-22-10-21-38-19-7-4-8-20-38/h9,11-12,15-18,23,27H,3-8,10,13-14,19-22H2,1-2H3,(H,35,36,37). The second-order valence-electron chi connectivity index (χ2n) is 11.4. The lowest BCUT2D eigenvalue weighted by molar-refractivity contribution is 0.201. The fourth-order valence-electron chi connectivity index (χ4n) is 5.89. The largest absolute Gasteiger partial charge is 0.490 e. The third-order valence-electron chi connectivity index (χ3n) is 8.14. The number of nitrogens with zero attached hydrogens (tertiary/aromatic N) is 4. The summed E-state index contributed by atoms with van der Waals surface area (Å²) in [5.74, 6) is 1.06. The van der Waals surface area contributed by atoms with Crippen LogP contribution in [0, 0.1) is 19.7 Å². The van der Waals surface area contributed by atoms with Crippen LogP contribution < -0.4 is 19.7 Å². The molecule has 9 heteroatoms. The molecule has 0 atom stereocenters. The molecule has 0 radical (unpaired) electrons. The van der Waals surface area contributed by atoms with Crippen molar-refractivity contribution < 1.29 is 18.7 Å². The van der Waals surface area contributed by atoms with Crippen LogP contribution >= 0.6 is 0 Å². The van der Waals surface area contributed by atoms with E-state index in [-0.39, 0.29) is 17.7 Å². The van der Waals surface area contributed by atoms with Gasteiger partial charge in [0.25, 0.3) is 0 Å². The molecule has 1 saturated heterocycles. The molecule has 1 saturated carbocycles. The number of hydrogen-bond donors (Lipinski definition) is 1. The van der Waals surface area contributed by atoms with Crippen molar-refractivity contribution in [3.63, 3.8) is 0 Å². The Morgan fingerprint density at radius 2 is 1.76 bits per heavy atom. The summed E-state index contributed by atoms with van der Waals surface area (Å²) >= 11 is 0. The highest BCUT2D eigenvalue weighted by Gasteiger charge is 2.30. The van der Waals surface area contributed by atoms with E-state index in [4.69, 9.17) is 9.47 Å². The van der Waals surface area contributed by atoms with Gasteiger partial charge in [-0.2, -0.15) is 4.98 Å². The average molecular weight is 576 g/mol. The van der Waals surface area contributed by atoms with E-state index in [1.165, 1.54) is 25.3 Å². The Kier molecular flexibility index (Phi) is 10.2. The monoisotopic (exact) mass is 575 g/mol. The molecule has 1 aromatic heterocycles. The van der Waals surface area contributed by atoms with Crippen LogP contribution in [-0.4, -0.2) is 53.2 Å². The van der Waals surface area contributed by atoms with E-state index in [0.717, 1.165) is 69.3 Å². The van der Waals surface area contributed by atoms with E-state index in [9.17, 15) is 9.18 Å². The number of likely N-dealkylation sites (tertiary alicyclic amines) is 1. The maximum Gasteiger partial charge on any atom is 0.421 e. The molecular formula is C33H42FN5O3. The summed E-state index contributed by atoms with van der Waals surface area (Å²) in [5.41, 5.74) is 2.29. The molecule has 2 aliphatic rings. The number of halogens is 1. The molecule has 2 fully saturated rings. The molecule has 1 aliphatic carbocycles. The van der Waals surface area contributed by atoms with Gasteiger partial charge >= 0.3 is 6.09 Å². The Morgan fingerprint density at radius 1 is 1.02 bits per heavy atom. The number of piperidine rings is 1. The maximum atomic E-state index is 14.9.